The molecule has 0 radical (unpaired) electrons. The maximum absolute atomic E-state index is 13.1. The van der Waals surface area contributed by atoms with Crippen LogP contribution in [0.1, 0.15) is 15.9 Å². The Labute approximate surface area is 156 Å². The van der Waals surface area contributed by atoms with Crippen molar-refractivity contribution in [2.75, 3.05) is 26.3 Å². The zero-order valence-corrected chi connectivity index (χ0v) is 15.2. The molecule has 2 aromatic carbocycles. The Kier molecular flexibility index (Phi) is 5.94. The highest BCUT2D eigenvalue weighted by Gasteiger charge is 2.26. The second-order valence-electron chi connectivity index (χ2n) is 5.80. The number of hydrazone groups is 1. The van der Waals surface area contributed by atoms with Gasteiger partial charge in [-0.3, -0.25) is 4.79 Å². The van der Waals surface area contributed by atoms with Crippen LogP contribution in [0, 0.1) is 5.82 Å². The molecule has 1 aliphatic heterocycles. The average Bonchev–Trinajstić information content (AvgIpc) is 2.69. The van der Waals surface area contributed by atoms with Gasteiger partial charge in [0.1, 0.15) is 5.82 Å². The summed E-state index contributed by atoms with van der Waals surface area (Å²) in [5.74, 6) is -0.979. The van der Waals surface area contributed by atoms with Crippen LogP contribution in [0.25, 0.3) is 0 Å². The Morgan fingerprint density at radius 1 is 1.15 bits per heavy atom. The second kappa shape index (κ2) is 8.38. The molecule has 1 amide bonds. The van der Waals surface area contributed by atoms with Crippen LogP contribution in [0.2, 0.25) is 0 Å². The topological polar surface area (TPSA) is 88.1 Å². The van der Waals surface area contributed by atoms with Crippen molar-refractivity contribution in [2.45, 2.75) is 4.90 Å². The van der Waals surface area contributed by atoms with Gasteiger partial charge in [0.2, 0.25) is 10.0 Å². The van der Waals surface area contributed by atoms with Crippen molar-refractivity contribution in [3.63, 3.8) is 0 Å². The van der Waals surface area contributed by atoms with Gasteiger partial charge in [-0.1, -0.05) is 18.2 Å². The third kappa shape index (κ3) is 4.76. The molecular formula is C18H18FN3O4S. The lowest BCUT2D eigenvalue weighted by molar-refractivity contribution is 0.0730. The molecule has 1 fully saturated rings. The number of carbonyl (C=O) groups excluding carboxylic acids is 1. The van der Waals surface area contributed by atoms with Gasteiger partial charge in [0.05, 0.1) is 24.3 Å². The molecule has 0 bridgehead atoms. The Morgan fingerprint density at radius 2 is 1.89 bits per heavy atom. The van der Waals surface area contributed by atoms with Crippen LogP contribution in [0.4, 0.5) is 4.39 Å². The van der Waals surface area contributed by atoms with Gasteiger partial charge in [0.25, 0.3) is 5.91 Å². The summed E-state index contributed by atoms with van der Waals surface area (Å²) in [5, 5.41) is 3.77. The number of hydrogen-bond acceptors (Lipinski definition) is 5. The number of sulfonamides is 1. The molecule has 1 saturated heterocycles. The van der Waals surface area contributed by atoms with Crippen LogP contribution in [0.5, 0.6) is 0 Å². The number of carbonyl (C=O) groups is 1. The van der Waals surface area contributed by atoms with Crippen LogP contribution in [-0.2, 0) is 14.8 Å². The van der Waals surface area contributed by atoms with Crippen molar-refractivity contribution in [3.8, 4) is 0 Å². The summed E-state index contributed by atoms with van der Waals surface area (Å²) < 4.78 is 44.9. The van der Waals surface area contributed by atoms with E-state index in [1.54, 1.807) is 6.07 Å². The minimum Gasteiger partial charge on any atom is -0.379 e. The Bertz CT molecular complexity index is 957. The van der Waals surface area contributed by atoms with Gasteiger partial charge in [0.15, 0.2) is 0 Å². The monoisotopic (exact) mass is 391 g/mol. The summed E-state index contributed by atoms with van der Waals surface area (Å²) in [6, 6.07) is 11.5. The molecule has 142 valence electrons. The molecule has 0 atom stereocenters. The number of halogens is 1. The fraction of sp³-hybridized carbons (Fsp3) is 0.222. The maximum atomic E-state index is 13.1. The van der Waals surface area contributed by atoms with E-state index in [1.807, 2.05) is 0 Å². The number of nitrogens with zero attached hydrogens (tertiary/aromatic N) is 2. The molecule has 0 aromatic heterocycles. The van der Waals surface area contributed by atoms with Crippen molar-refractivity contribution in [2.24, 2.45) is 5.10 Å². The molecule has 27 heavy (non-hydrogen) atoms. The first-order chi connectivity index (χ1) is 13.0. The van der Waals surface area contributed by atoms with E-state index in [1.165, 1.54) is 53.0 Å². The number of hydrogen-bond donors (Lipinski definition) is 1. The molecule has 1 aliphatic rings. The zero-order chi connectivity index (χ0) is 19.3. The Morgan fingerprint density at radius 3 is 2.63 bits per heavy atom. The highest BCUT2D eigenvalue weighted by atomic mass is 32.2. The summed E-state index contributed by atoms with van der Waals surface area (Å²) in [5.41, 5.74) is 2.94. The standard InChI is InChI=1S/C18H18FN3O4S/c19-16-5-1-3-14(11-16)13-20-21-18(23)15-4-2-6-17(12-15)27(24,25)22-7-9-26-10-8-22/h1-6,11-13H,7-10H2,(H,21,23)/b20-13-. The number of rotatable bonds is 5. The largest absolute Gasteiger partial charge is 0.379 e. The van der Waals surface area contributed by atoms with E-state index in [9.17, 15) is 17.6 Å². The van der Waals surface area contributed by atoms with E-state index in [4.69, 9.17) is 4.74 Å². The summed E-state index contributed by atoms with van der Waals surface area (Å²) >= 11 is 0. The number of morpholine rings is 1. The van der Waals surface area contributed by atoms with E-state index in [0.29, 0.717) is 18.8 Å². The van der Waals surface area contributed by atoms with Crippen molar-refractivity contribution < 1.29 is 22.3 Å². The van der Waals surface area contributed by atoms with E-state index in [-0.39, 0.29) is 23.5 Å². The molecule has 1 heterocycles. The summed E-state index contributed by atoms with van der Waals surface area (Å²) in [7, 11) is -3.69. The second-order valence-corrected chi connectivity index (χ2v) is 7.74. The summed E-state index contributed by atoms with van der Waals surface area (Å²) in [6.07, 6.45) is 1.30. The first-order valence-electron chi connectivity index (χ1n) is 8.24. The number of amides is 1. The number of benzene rings is 2. The molecule has 3 rings (SSSR count). The first-order valence-corrected chi connectivity index (χ1v) is 9.68. The van der Waals surface area contributed by atoms with Crippen molar-refractivity contribution in [3.05, 3.63) is 65.5 Å². The van der Waals surface area contributed by atoms with Gasteiger partial charge in [0, 0.05) is 18.7 Å². The Balaban J connectivity index is 1.72. The fourth-order valence-electron chi connectivity index (χ4n) is 2.55. The quantitative estimate of drug-likeness (QED) is 0.620. The molecule has 9 heteroatoms. The lowest BCUT2D eigenvalue weighted by Crippen LogP contribution is -2.40. The van der Waals surface area contributed by atoms with E-state index < -0.39 is 21.7 Å². The molecule has 0 saturated carbocycles. The highest BCUT2D eigenvalue weighted by molar-refractivity contribution is 7.89. The van der Waals surface area contributed by atoms with Crippen molar-refractivity contribution >= 4 is 22.1 Å². The van der Waals surface area contributed by atoms with Crippen LogP contribution >= 0.6 is 0 Å². The molecule has 7 nitrogen and oxygen atoms in total. The first kappa shape index (κ1) is 19.2. The smallest absolute Gasteiger partial charge is 0.271 e. The minimum atomic E-state index is -3.69. The van der Waals surface area contributed by atoms with Gasteiger partial charge in [-0.2, -0.15) is 9.41 Å². The minimum absolute atomic E-state index is 0.0335. The number of ether oxygens (including phenoxy) is 1. The SMILES string of the molecule is O=C(N/N=C\c1cccc(F)c1)c1cccc(S(=O)(=O)N2CCOCC2)c1. The molecule has 0 unspecified atom stereocenters. The lowest BCUT2D eigenvalue weighted by Gasteiger charge is -2.26. The zero-order valence-electron chi connectivity index (χ0n) is 14.3. The number of nitrogens with one attached hydrogen (secondary N) is 1. The van der Waals surface area contributed by atoms with Crippen LogP contribution in [0.15, 0.2) is 58.5 Å². The molecule has 1 N–H and O–H groups in total. The molecule has 0 aliphatic carbocycles. The predicted molar refractivity (Wildman–Crippen MR) is 97.5 cm³/mol. The molecule has 2 aromatic rings. The van der Waals surface area contributed by atoms with E-state index >= 15 is 0 Å². The highest BCUT2D eigenvalue weighted by Crippen LogP contribution is 2.18. The van der Waals surface area contributed by atoms with Crippen LogP contribution < -0.4 is 5.43 Å². The average molecular weight is 391 g/mol. The fourth-order valence-corrected chi connectivity index (χ4v) is 4.01. The van der Waals surface area contributed by atoms with Crippen LogP contribution in [0.3, 0.4) is 0 Å². The molecular weight excluding hydrogens is 373 g/mol. The summed E-state index contributed by atoms with van der Waals surface area (Å²) in [4.78, 5) is 12.3. The van der Waals surface area contributed by atoms with E-state index in [2.05, 4.69) is 10.5 Å². The third-order valence-electron chi connectivity index (χ3n) is 3.93. The lowest BCUT2D eigenvalue weighted by atomic mass is 10.2. The van der Waals surface area contributed by atoms with Gasteiger partial charge >= 0.3 is 0 Å². The van der Waals surface area contributed by atoms with Gasteiger partial charge < -0.3 is 4.74 Å². The molecule has 0 spiro atoms. The predicted octanol–water partition coefficient (Wildman–Crippen LogP) is 1.61. The van der Waals surface area contributed by atoms with Crippen LogP contribution in [-0.4, -0.2) is 51.1 Å². The van der Waals surface area contributed by atoms with Crippen molar-refractivity contribution in [1.29, 1.82) is 0 Å². The van der Waals surface area contributed by atoms with Crippen molar-refractivity contribution in [1.82, 2.24) is 9.73 Å². The Hall–Kier alpha value is -2.62. The van der Waals surface area contributed by atoms with Gasteiger partial charge in [-0.15, -0.1) is 0 Å². The van der Waals surface area contributed by atoms with Gasteiger partial charge in [-0.05, 0) is 35.9 Å². The third-order valence-corrected chi connectivity index (χ3v) is 5.83. The van der Waals surface area contributed by atoms with Gasteiger partial charge in [-0.25, -0.2) is 18.2 Å². The maximum Gasteiger partial charge on any atom is 0.271 e. The van der Waals surface area contributed by atoms with E-state index in [0.717, 1.165) is 0 Å². The summed E-state index contributed by atoms with van der Waals surface area (Å²) in [6.45, 7) is 1.23. The normalized spacial score (nSPS) is 15.7.